The highest BCUT2D eigenvalue weighted by atomic mass is 79.9. The van der Waals surface area contributed by atoms with Crippen molar-refractivity contribution in [2.24, 2.45) is 0 Å². The Morgan fingerprint density at radius 2 is 1.79 bits per heavy atom. The van der Waals surface area contributed by atoms with E-state index in [9.17, 15) is 0 Å². The maximum Gasteiger partial charge on any atom is 0.142 e. The molecule has 0 bridgehead atoms. The summed E-state index contributed by atoms with van der Waals surface area (Å²) in [5.41, 5.74) is 2.20. The monoisotopic (exact) mass is 383 g/mol. The molecule has 0 fully saturated rings. The Balaban J connectivity index is 2.23. The molecule has 2 nitrogen and oxygen atoms in total. The van der Waals surface area contributed by atoms with E-state index in [0.29, 0.717) is 0 Å². The molecular weight excluding hydrogens is 370 g/mol. The first-order valence-corrected chi connectivity index (χ1v) is 7.54. The van der Waals surface area contributed by atoms with Crippen LogP contribution >= 0.6 is 31.9 Å². The highest BCUT2D eigenvalue weighted by Gasteiger charge is 2.09. The average molecular weight is 385 g/mol. The van der Waals surface area contributed by atoms with E-state index in [4.69, 9.17) is 4.74 Å². The predicted octanol–water partition coefficient (Wildman–Crippen LogP) is 5.39. The molecule has 0 heterocycles. The maximum absolute atomic E-state index is 5.37. The lowest BCUT2D eigenvalue weighted by molar-refractivity contribution is 0.416. The predicted molar refractivity (Wildman–Crippen MR) is 86.9 cm³/mol. The number of methoxy groups -OCH3 is 1. The summed E-state index contributed by atoms with van der Waals surface area (Å²) in [7, 11) is 1.68. The van der Waals surface area contributed by atoms with E-state index in [2.05, 4.69) is 56.2 Å². The molecule has 0 aliphatic heterocycles. The zero-order valence-corrected chi connectivity index (χ0v) is 14.0. The summed E-state index contributed by atoms with van der Waals surface area (Å²) in [6, 6.07) is 14.4. The molecule has 0 aliphatic carbocycles. The molecule has 0 saturated carbocycles. The van der Waals surface area contributed by atoms with Crippen molar-refractivity contribution in [3.63, 3.8) is 0 Å². The van der Waals surface area contributed by atoms with Gasteiger partial charge < -0.3 is 10.1 Å². The Bertz CT molecular complexity index is 572. The van der Waals surface area contributed by atoms with Crippen molar-refractivity contribution in [3.8, 4) is 5.75 Å². The summed E-state index contributed by atoms with van der Waals surface area (Å²) in [5, 5.41) is 3.47. The number of anilines is 1. The van der Waals surface area contributed by atoms with Crippen LogP contribution in [0.5, 0.6) is 5.75 Å². The number of benzene rings is 2. The van der Waals surface area contributed by atoms with Gasteiger partial charge in [0.05, 0.1) is 12.8 Å². The van der Waals surface area contributed by atoms with Crippen LogP contribution in [0.1, 0.15) is 18.5 Å². The molecular formula is C15H15Br2NO. The average Bonchev–Trinajstić information content (AvgIpc) is 2.39. The third kappa shape index (κ3) is 3.74. The molecule has 0 radical (unpaired) electrons. The number of hydrogen-bond acceptors (Lipinski definition) is 2. The summed E-state index contributed by atoms with van der Waals surface area (Å²) in [6.45, 7) is 2.13. The molecule has 1 unspecified atom stereocenters. The summed E-state index contributed by atoms with van der Waals surface area (Å²) in [4.78, 5) is 0. The van der Waals surface area contributed by atoms with Crippen LogP contribution in [0.3, 0.4) is 0 Å². The maximum atomic E-state index is 5.37. The Kier molecular flexibility index (Phi) is 4.88. The molecule has 19 heavy (non-hydrogen) atoms. The number of rotatable bonds is 4. The fourth-order valence-electron chi connectivity index (χ4n) is 1.89. The van der Waals surface area contributed by atoms with Crippen molar-refractivity contribution in [3.05, 3.63) is 57.0 Å². The summed E-state index contributed by atoms with van der Waals surface area (Å²) < 4.78 is 7.48. The van der Waals surface area contributed by atoms with Gasteiger partial charge in [0, 0.05) is 15.0 Å². The lowest BCUT2D eigenvalue weighted by Gasteiger charge is -2.18. The Morgan fingerprint density at radius 1 is 1.05 bits per heavy atom. The largest absolute Gasteiger partial charge is 0.495 e. The fourth-order valence-corrected chi connectivity index (χ4v) is 2.66. The highest BCUT2D eigenvalue weighted by Crippen LogP contribution is 2.31. The molecule has 0 spiro atoms. The van der Waals surface area contributed by atoms with Crippen molar-refractivity contribution >= 4 is 37.5 Å². The van der Waals surface area contributed by atoms with Gasteiger partial charge in [0.1, 0.15) is 5.75 Å². The van der Waals surface area contributed by atoms with E-state index in [1.165, 1.54) is 5.56 Å². The third-order valence-electron chi connectivity index (χ3n) is 2.88. The van der Waals surface area contributed by atoms with Crippen LogP contribution in [-0.4, -0.2) is 7.11 Å². The lowest BCUT2D eigenvalue weighted by Crippen LogP contribution is -2.07. The second-order valence-corrected chi connectivity index (χ2v) is 6.10. The number of ether oxygens (including phenoxy) is 1. The first-order chi connectivity index (χ1) is 9.10. The van der Waals surface area contributed by atoms with Gasteiger partial charge >= 0.3 is 0 Å². The summed E-state index contributed by atoms with van der Waals surface area (Å²) in [6.07, 6.45) is 0. The van der Waals surface area contributed by atoms with Crippen molar-refractivity contribution in [1.29, 1.82) is 0 Å². The second-order valence-electron chi connectivity index (χ2n) is 4.27. The molecule has 0 saturated heterocycles. The van der Waals surface area contributed by atoms with Crippen molar-refractivity contribution in [1.82, 2.24) is 0 Å². The SMILES string of the molecule is COc1ccc(Br)cc1NC(C)c1cccc(Br)c1. The summed E-state index contributed by atoms with van der Waals surface area (Å²) >= 11 is 6.98. The Labute approximate surface area is 130 Å². The van der Waals surface area contributed by atoms with Crippen molar-refractivity contribution in [2.75, 3.05) is 12.4 Å². The molecule has 1 N–H and O–H groups in total. The summed E-state index contributed by atoms with van der Waals surface area (Å²) in [5.74, 6) is 0.838. The molecule has 2 aromatic rings. The van der Waals surface area contributed by atoms with E-state index in [1.54, 1.807) is 7.11 Å². The zero-order chi connectivity index (χ0) is 13.8. The van der Waals surface area contributed by atoms with Gasteiger partial charge in [-0.1, -0.05) is 44.0 Å². The molecule has 1 atom stereocenters. The minimum absolute atomic E-state index is 0.195. The van der Waals surface area contributed by atoms with E-state index in [0.717, 1.165) is 20.4 Å². The molecule has 0 aliphatic rings. The molecule has 100 valence electrons. The number of halogens is 2. The van der Waals surface area contributed by atoms with E-state index in [-0.39, 0.29) is 6.04 Å². The van der Waals surface area contributed by atoms with Crippen LogP contribution in [0.2, 0.25) is 0 Å². The Morgan fingerprint density at radius 3 is 2.47 bits per heavy atom. The van der Waals surface area contributed by atoms with Crippen molar-refractivity contribution in [2.45, 2.75) is 13.0 Å². The van der Waals surface area contributed by atoms with Crippen LogP contribution in [0.4, 0.5) is 5.69 Å². The van der Waals surface area contributed by atoms with Gasteiger partial charge in [0.25, 0.3) is 0 Å². The van der Waals surface area contributed by atoms with E-state index in [1.807, 2.05) is 30.3 Å². The van der Waals surface area contributed by atoms with Crippen LogP contribution < -0.4 is 10.1 Å². The van der Waals surface area contributed by atoms with Crippen LogP contribution in [0, 0.1) is 0 Å². The number of nitrogens with one attached hydrogen (secondary N) is 1. The molecule has 2 aromatic carbocycles. The zero-order valence-electron chi connectivity index (χ0n) is 10.8. The molecule has 4 heteroatoms. The first-order valence-electron chi connectivity index (χ1n) is 5.95. The minimum Gasteiger partial charge on any atom is -0.495 e. The van der Waals surface area contributed by atoms with Crippen LogP contribution in [-0.2, 0) is 0 Å². The highest BCUT2D eigenvalue weighted by molar-refractivity contribution is 9.10. The molecule has 0 aromatic heterocycles. The van der Waals surface area contributed by atoms with Gasteiger partial charge in [-0.2, -0.15) is 0 Å². The van der Waals surface area contributed by atoms with E-state index >= 15 is 0 Å². The van der Waals surface area contributed by atoms with Gasteiger partial charge in [0.15, 0.2) is 0 Å². The van der Waals surface area contributed by atoms with Crippen LogP contribution in [0.25, 0.3) is 0 Å². The first kappa shape index (κ1) is 14.4. The van der Waals surface area contributed by atoms with Gasteiger partial charge in [-0.15, -0.1) is 0 Å². The lowest BCUT2D eigenvalue weighted by atomic mass is 10.1. The number of hydrogen-bond donors (Lipinski definition) is 1. The Hall–Kier alpha value is -1.00. The molecule has 0 amide bonds. The van der Waals surface area contributed by atoms with Gasteiger partial charge in [0.2, 0.25) is 0 Å². The normalized spacial score (nSPS) is 12.0. The van der Waals surface area contributed by atoms with Crippen LogP contribution in [0.15, 0.2) is 51.4 Å². The quantitative estimate of drug-likeness (QED) is 0.762. The minimum atomic E-state index is 0.195. The second kappa shape index (κ2) is 6.44. The standard InChI is InChI=1S/C15H15Br2NO/c1-10(11-4-3-5-12(16)8-11)18-14-9-13(17)6-7-15(14)19-2/h3-10,18H,1-2H3. The third-order valence-corrected chi connectivity index (χ3v) is 3.87. The van der Waals surface area contributed by atoms with Gasteiger partial charge in [-0.05, 0) is 42.8 Å². The fraction of sp³-hybridized carbons (Fsp3) is 0.200. The molecule has 2 rings (SSSR count). The van der Waals surface area contributed by atoms with E-state index < -0.39 is 0 Å². The van der Waals surface area contributed by atoms with Gasteiger partial charge in [-0.3, -0.25) is 0 Å². The van der Waals surface area contributed by atoms with Crippen molar-refractivity contribution < 1.29 is 4.74 Å². The smallest absolute Gasteiger partial charge is 0.142 e. The topological polar surface area (TPSA) is 21.3 Å². The van der Waals surface area contributed by atoms with Gasteiger partial charge in [-0.25, -0.2) is 0 Å².